The van der Waals surface area contributed by atoms with Crippen molar-refractivity contribution in [2.45, 2.75) is 18.9 Å². The van der Waals surface area contributed by atoms with Crippen LogP contribution in [-0.4, -0.2) is 48.6 Å². The summed E-state index contributed by atoms with van der Waals surface area (Å²) < 4.78 is 6.66. The van der Waals surface area contributed by atoms with Crippen molar-refractivity contribution in [3.8, 4) is 0 Å². The third-order valence-corrected chi connectivity index (χ3v) is 6.16. The second-order valence-electron chi connectivity index (χ2n) is 6.95. The van der Waals surface area contributed by atoms with Gasteiger partial charge in [0.05, 0.1) is 34.5 Å². The number of morpholine rings is 1. The number of fused-ring (bicyclic) bond motifs is 1. The molecule has 5 nitrogen and oxygen atoms in total. The Balaban J connectivity index is 1.34. The molecule has 1 amide bonds. The van der Waals surface area contributed by atoms with E-state index < -0.39 is 0 Å². The molecule has 2 heterocycles. The summed E-state index contributed by atoms with van der Waals surface area (Å²) in [6.45, 7) is 3.88. The maximum absolute atomic E-state index is 12.5. The molecule has 28 heavy (non-hydrogen) atoms. The van der Waals surface area contributed by atoms with Crippen molar-refractivity contribution in [3.05, 3.63) is 65.2 Å². The molecule has 146 valence electrons. The number of thiazole rings is 1. The molecule has 1 atom stereocenters. The van der Waals surface area contributed by atoms with Crippen LogP contribution in [0.15, 0.2) is 54.6 Å². The molecule has 3 aromatic rings. The largest absolute Gasteiger partial charge is 0.379 e. The first-order chi connectivity index (χ1) is 13.8. The van der Waals surface area contributed by atoms with Crippen LogP contribution in [0.1, 0.15) is 23.0 Å². The van der Waals surface area contributed by atoms with E-state index in [1.54, 1.807) is 11.3 Å². The average molecular weight is 396 g/mol. The standard InChI is InChI=1S/C22H25N3O2S/c26-21(10-11-22-24-18-8-4-5-9-20(18)28-22)23-16-19(17-6-2-1-3-7-17)25-12-14-27-15-13-25/h1-9,19H,10-16H2,(H,23,26). The zero-order chi connectivity index (χ0) is 19.2. The van der Waals surface area contributed by atoms with Gasteiger partial charge in [-0.3, -0.25) is 9.69 Å². The Labute approximate surface area is 169 Å². The molecule has 1 aromatic heterocycles. The lowest BCUT2D eigenvalue weighted by molar-refractivity contribution is -0.121. The van der Waals surface area contributed by atoms with Gasteiger partial charge in [-0.05, 0) is 17.7 Å². The van der Waals surface area contributed by atoms with Crippen molar-refractivity contribution < 1.29 is 9.53 Å². The first-order valence-electron chi connectivity index (χ1n) is 9.77. The monoisotopic (exact) mass is 395 g/mol. The Morgan fingerprint density at radius 3 is 2.64 bits per heavy atom. The minimum absolute atomic E-state index is 0.0773. The summed E-state index contributed by atoms with van der Waals surface area (Å²) in [6.07, 6.45) is 1.14. The van der Waals surface area contributed by atoms with Crippen LogP contribution >= 0.6 is 11.3 Å². The third-order valence-electron chi connectivity index (χ3n) is 5.07. The Morgan fingerprint density at radius 1 is 1.11 bits per heavy atom. The van der Waals surface area contributed by atoms with E-state index in [-0.39, 0.29) is 11.9 Å². The summed E-state index contributed by atoms with van der Waals surface area (Å²) in [7, 11) is 0. The molecule has 4 rings (SSSR count). The summed E-state index contributed by atoms with van der Waals surface area (Å²) in [6, 6.07) is 18.7. The van der Waals surface area contributed by atoms with Gasteiger partial charge in [0.25, 0.3) is 0 Å². The van der Waals surface area contributed by atoms with E-state index >= 15 is 0 Å². The molecular weight excluding hydrogens is 370 g/mol. The van der Waals surface area contributed by atoms with Crippen molar-refractivity contribution in [2.24, 2.45) is 0 Å². The molecule has 2 aromatic carbocycles. The highest BCUT2D eigenvalue weighted by Crippen LogP contribution is 2.23. The van der Waals surface area contributed by atoms with Crippen LogP contribution in [0.5, 0.6) is 0 Å². The Bertz CT molecular complexity index is 873. The average Bonchev–Trinajstić information content (AvgIpc) is 3.17. The predicted octanol–water partition coefficient (Wildman–Crippen LogP) is 3.42. The van der Waals surface area contributed by atoms with Crippen molar-refractivity contribution in [1.29, 1.82) is 0 Å². The number of aromatic nitrogens is 1. The summed E-state index contributed by atoms with van der Waals surface area (Å²) in [5.41, 5.74) is 2.25. The molecule has 0 spiro atoms. The number of carbonyl (C=O) groups is 1. The van der Waals surface area contributed by atoms with Gasteiger partial charge >= 0.3 is 0 Å². The Morgan fingerprint density at radius 2 is 1.86 bits per heavy atom. The van der Waals surface area contributed by atoms with E-state index in [0.29, 0.717) is 19.4 Å². The molecular formula is C22H25N3O2S. The summed E-state index contributed by atoms with van der Waals surface area (Å²) in [4.78, 5) is 19.5. The smallest absolute Gasteiger partial charge is 0.220 e. The SMILES string of the molecule is O=C(CCc1nc2ccccc2s1)NCC(c1ccccc1)N1CCOCC1. The number of amides is 1. The van der Waals surface area contributed by atoms with Crippen molar-refractivity contribution >= 4 is 27.5 Å². The summed E-state index contributed by atoms with van der Waals surface area (Å²) in [5, 5.41) is 4.16. The van der Waals surface area contributed by atoms with Gasteiger partial charge in [0.1, 0.15) is 0 Å². The second-order valence-corrected chi connectivity index (χ2v) is 8.07. The molecule has 1 unspecified atom stereocenters. The lowest BCUT2D eigenvalue weighted by Gasteiger charge is -2.35. The molecule has 0 radical (unpaired) electrons. The van der Waals surface area contributed by atoms with Gasteiger partial charge in [-0.2, -0.15) is 0 Å². The lowest BCUT2D eigenvalue weighted by Crippen LogP contribution is -2.43. The molecule has 1 fully saturated rings. The number of ether oxygens (including phenoxy) is 1. The van der Waals surface area contributed by atoms with Crippen LogP contribution in [0.2, 0.25) is 0 Å². The van der Waals surface area contributed by atoms with Gasteiger partial charge < -0.3 is 10.1 Å². The number of hydrogen-bond acceptors (Lipinski definition) is 5. The quantitative estimate of drug-likeness (QED) is 0.666. The first-order valence-corrected chi connectivity index (χ1v) is 10.6. The van der Waals surface area contributed by atoms with Gasteiger partial charge in [0.15, 0.2) is 0 Å². The van der Waals surface area contributed by atoms with Crippen molar-refractivity contribution in [2.75, 3.05) is 32.8 Å². The van der Waals surface area contributed by atoms with E-state index in [1.807, 2.05) is 24.3 Å². The molecule has 0 aliphatic carbocycles. The second kappa shape index (κ2) is 9.28. The third kappa shape index (κ3) is 4.76. The molecule has 0 bridgehead atoms. The number of rotatable bonds is 7. The van der Waals surface area contributed by atoms with E-state index in [1.165, 1.54) is 10.3 Å². The highest BCUT2D eigenvalue weighted by molar-refractivity contribution is 7.18. The van der Waals surface area contributed by atoms with Crippen LogP contribution < -0.4 is 5.32 Å². The van der Waals surface area contributed by atoms with Crippen LogP contribution in [0, 0.1) is 0 Å². The van der Waals surface area contributed by atoms with E-state index in [9.17, 15) is 4.79 Å². The fourth-order valence-corrected chi connectivity index (χ4v) is 4.54. The van der Waals surface area contributed by atoms with Crippen molar-refractivity contribution in [1.82, 2.24) is 15.2 Å². The molecule has 1 aliphatic heterocycles. The summed E-state index contributed by atoms with van der Waals surface area (Å²) in [5.74, 6) is 0.0773. The van der Waals surface area contributed by atoms with Crippen LogP contribution in [0.4, 0.5) is 0 Å². The van der Waals surface area contributed by atoms with Crippen molar-refractivity contribution in [3.63, 3.8) is 0 Å². The van der Waals surface area contributed by atoms with Gasteiger partial charge in [-0.25, -0.2) is 4.98 Å². The van der Waals surface area contributed by atoms with Gasteiger partial charge in [-0.1, -0.05) is 42.5 Å². The highest BCUT2D eigenvalue weighted by Gasteiger charge is 2.23. The fourth-order valence-electron chi connectivity index (χ4n) is 3.57. The molecule has 1 saturated heterocycles. The topological polar surface area (TPSA) is 54.5 Å². The van der Waals surface area contributed by atoms with Crippen LogP contribution in [0.3, 0.4) is 0 Å². The number of nitrogens with one attached hydrogen (secondary N) is 1. The molecule has 0 saturated carbocycles. The molecule has 6 heteroatoms. The number of nitrogens with zero attached hydrogens (tertiary/aromatic N) is 2. The summed E-state index contributed by atoms with van der Waals surface area (Å²) >= 11 is 1.67. The molecule has 1 N–H and O–H groups in total. The number of hydrogen-bond donors (Lipinski definition) is 1. The fraction of sp³-hybridized carbons (Fsp3) is 0.364. The maximum Gasteiger partial charge on any atom is 0.220 e. The Hall–Kier alpha value is -2.28. The van der Waals surface area contributed by atoms with Crippen LogP contribution in [-0.2, 0) is 16.0 Å². The number of aryl methyl sites for hydroxylation is 1. The molecule has 1 aliphatic rings. The first kappa shape index (κ1) is 19.1. The normalized spacial score (nSPS) is 16.1. The maximum atomic E-state index is 12.5. The minimum Gasteiger partial charge on any atom is -0.379 e. The van der Waals surface area contributed by atoms with E-state index in [2.05, 4.69) is 45.5 Å². The van der Waals surface area contributed by atoms with E-state index in [0.717, 1.165) is 36.8 Å². The number of para-hydroxylation sites is 1. The van der Waals surface area contributed by atoms with Gasteiger partial charge in [0, 0.05) is 32.5 Å². The van der Waals surface area contributed by atoms with Gasteiger partial charge in [0.2, 0.25) is 5.91 Å². The van der Waals surface area contributed by atoms with Crippen LogP contribution in [0.25, 0.3) is 10.2 Å². The minimum atomic E-state index is 0.0773. The predicted molar refractivity (Wildman–Crippen MR) is 113 cm³/mol. The Kier molecular flexibility index (Phi) is 6.31. The van der Waals surface area contributed by atoms with E-state index in [4.69, 9.17) is 4.74 Å². The number of benzene rings is 2. The number of carbonyl (C=O) groups excluding carboxylic acids is 1. The highest BCUT2D eigenvalue weighted by atomic mass is 32.1. The lowest BCUT2D eigenvalue weighted by atomic mass is 10.0. The van der Waals surface area contributed by atoms with Gasteiger partial charge in [-0.15, -0.1) is 11.3 Å². The zero-order valence-electron chi connectivity index (χ0n) is 15.8. The zero-order valence-corrected chi connectivity index (χ0v) is 16.7.